The topological polar surface area (TPSA) is 115 Å². The summed E-state index contributed by atoms with van der Waals surface area (Å²) in [5.74, 6) is 1.45. The number of methoxy groups -OCH3 is 1. The molecular formula is C25H29FN6O2S. The van der Waals surface area contributed by atoms with Crippen LogP contribution >= 0.6 is 11.8 Å². The van der Waals surface area contributed by atoms with Gasteiger partial charge >= 0.3 is 0 Å². The summed E-state index contributed by atoms with van der Waals surface area (Å²) in [5, 5.41) is 6.44. The number of ether oxygens (including phenoxy) is 1. The van der Waals surface area contributed by atoms with Gasteiger partial charge in [0.05, 0.1) is 40.7 Å². The fourth-order valence-corrected chi connectivity index (χ4v) is 5.65. The molecule has 5 rings (SSSR count). The Kier molecular flexibility index (Phi) is 7.12. The number of thioether (sulfide) groups is 1. The third-order valence-electron chi connectivity index (χ3n) is 6.87. The SMILES string of the molecule is COc1ccc2ncc(F)c(C[C@H](N)[C@H]3CC[C@H](NCc4ccc5c(n4)NC(=O)CS5)CC3)c2n1. The average Bonchev–Trinajstić information content (AvgIpc) is 2.88. The van der Waals surface area contributed by atoms with Crippen LogP contribution < -0.4 is 21.1 Å². The lowest BCUT2D eigenvalue weighted by Crippen LogP contribution is -2.40. The Hall–Kier alpha value is -2.82. The molecule has 3 aromatic heterocycles. The lowest BCUT2D eigenvalue weighted by Gasteiger charge is -2.33. The van der Waals surface area contributed by atoms with E-state index >= 15 is 0 Å². The second-order valence-electron chi connectivity index (χ2n) is 9.15. The Morgan fingerprint density at radius 2 is 2.06 bits per heavy atom. The van der Waals surface area contributed by atoms with Crippen molar-refractivity contribution in [2.75, 3.05) is 18.2 Å². The molecule has 3 aromatic rings. The summed E-state index contributed by atoms with van der Waals surface area (Å²) in [6, 6.07) is 7.76. The van der Waals surface area contributed by atoms with Crippen molar-refractivity contribution >= 4 is 34.5 Å². The van der Waals surface area contributed by atoms with Crippen LogP contribution in [0.15, 0.2) is 35.4 Å². The maximum atomic E-state index is 14.7. The molecule has 0 spiro atoms. The number of rotatable bonds is 7. The Morgan fingerprint density at radius 3 is 2.86 bits per heavy atom. The number of nitrogens with zero attached hydrogens (tertiary/aromatic N) is 3. The molecule has 1 fully saturated rings. The van der Waals surface area contributed by atoms with Gasteiger partial charge in [0, 0.05) is 30.3 Å². The van der Waals surface area contributed by atoms with E-state index in [0.717, 1.165) is 36.3 Å². The average molecular weight is 497 g/mol. The first kappa shape index (κ1) is 23.9. The maximum absolute atomic E-state index is 14.7. The Balaban J connectivity index is 1.16. The van der Waals surface area contributed by atoms with E-state index < -0.39 is 0 Å². The predicted octanol–water partition coefficient (Wildman–Crippen LogP) is 3.44. The first-order chi connectivity index (χ1) is 17.0. The zero-order chi connectivity index (χ0) is 24.4. The van der Waals surface area contributed by atoms with Crippen molar-refractivity contribution in [2.45, 2.75) is 55.6 Å². The summed E-state index contributed by atoms with van der Waals surface area (Å²) in [7, 11) is 1.54. The number of carbonyl (C=O) groups excluding carboxylic acids is 1. The molecular weight excluding hydrogens is 467 g/mol. The van der Waals surface area contributed by atoms with Gasteiger partial charge < -0.3 is 21.1 Å². The van der Waals surface area contributed by atoms with Crippen LogP contribution in [0.2, 0.25) is 0 Å². The van der Waals surface area contributed by atoms with E-state index in [4.69, 9.17) is 10.5 Å². The van der Waals surface area contributed by atoms with Crippen LogP contribution in [0.3, 0.4) is 0 Å². The summed E-state index contributed by atoms with van der Waals surface area (Å²) in [5.41, 5.74) is 9.15. The number of fused-ring (bicyclic) bond motifs is 2. The van der Waals surface area contributed by atoms with Crippen molar-refractivity contribution in [3.05, 3.63) is 47.5 Å². The third kappa shape index (κ3) is 5.39. The molecule has 1 amide bonds. The third-order valence-corrected chi connectivity index (χ3v) is 7.92. The molecule has 1 aliphatic heterocycles. The lowest BCUT2D eigenvalue weighted by atomic mass is 9.80. The first-order valence-electron chi connectivity index (χ1n) is 11.9. The minimum absolute atomic E-state index is 0.00988. The molecule has 0 radical (unpaired) electrons. The summed E-state index contributed by atoms with van der Waals surface area (Å²) < 4.78 is 19.9. The van der Waals surface area contributed by atoms with Crippen LogP contribution in [0, 0.1) is 11.7 Å². The van der Waals surface area contributed by atoms with E-state index in [1.807, 2.05) is 12.1 Å². The monoisotopic (exact) mass is 496 g/mol. The quantitative estimate of drug-likeness (QED) is 0.456. The largest absolute Gasteiger partial charge is 0.481 e. The molecule has 0 saturated heterocycles. The highest BCUT2D eigenvalue weighted by molar-refractivity contribution is 8.00. The van der Waals surface area contributed by atoms with Gasteiger partial charge in [-0.3, -0.25) is 9.78 Å². The van der Waals surface area contributed by atoms with E-state index in [-0.39, 0.29) is 17.8 Å². The minimum atomic E-state index is -0.379. The van der Waals surface area contributed by atoms with Crippen molar-refractivity contribution in [1.29, 1.82) is 0 Å². The summed E-state index contributed by atoms with van der Waals surface area (Å²) in [6.07, 6.45) is 5.62. The van der Waals surface area contributed by atoms with Crippen LogP contribution in [0.5, 0.6) is 5.88 Å². The number of amides is 1. The number of pyridine rings is 3. The minimum Gasteiger partial charge on any atom is -0.481 e. The number of carbonyl (C=O) groups is 1. The number of nitrogens with one attached hydrogen (secondary N) is 2. The second-order valence-corrected chi connectivity index (χ2v) is 10.2. The number of halogens is 1. The van der Waals surface area contributed by atoms with Crippen molar-refractivity contribution < 1.29 is 13.9 Å². The summed E-state index contributed by atoms with van der Waals surface area (Å²) >= 11 is 1.51. The van der Waals surface area contributed by atoms with Gasteiger partial charge in [0.2, 0.25) is 11.8 Å². The molecule has 0 bridgehead atoms. The second kappa shape index (κ2) is 10.4. The van der Waals surface area contributed by atoms with Gasteiger partial charge in [0.25, 0.3) is 0 Å². The van der Waals surface area contributed by atoms with Crippen LogP contribution in [0.1, 0.15) is 36.9 Å². The molecule has 0 aromatic carbocycles. The zero-order valence-corrected chi connectivity index (χ0v) is 20.4. The lowest BCUT2D eigenvalue weighted by molar-refractivity contribution is -0.113. The van der Waals surface area contributed by atoms with Crippen LogP contribution in [0.25, 0.3) is 11.0 Å². The standard InChI is InChI=1S/C25H29FN6O2S/c1-34-23-9-7-20-24(32-23)17(18(26)12-29-20)10-19(27)14-2-4-15(5-3-14)28-11-16-6-8-21-25(30-16)31-22(33)13-35-21/h6-9,12,14-15,19,28H,2-5,10-11,13,27H2,1H3,(H,30,31,33)/t14-,15-,19-/m0/s1. The van der Waals surface area contributed by atoms with E-state index in [0.29, 0.717) is 59.0 Å². The highest BCUT2D eigenvalue weighted by Gasteiger charge is 2.27. The van der Waals surface area contributed by atoms with Crippen molar-refractivity contribution in [3.63, 3.8) is 0 Å². The molecule has 10 heteroatoms. The number of hydrogen-bond donors (Lipinski definition) is 3. The van der Waals surface area contributed by atoms with Gasteiger partial charge in [-0.2, -0.15) is 0 Å². The maximum Gasteiger partial charge on any atom is 0.235 e. The van der Waals surface area contributed by atoms with E-state index in [9.17, 15) is 9.18 Å². The summed E-state index contributed by atoms with van der Waals surface area (Å²) in [4.78, 5) is 25.8. The van der Waals surface area contributed by atoms with E-state index in [1.54, 1.807) is 12.1 Å². The van der Waals surface area contributed by atoms with Crippen LogP contribution in [0.4, 0.5) is 10.2 Å². The Bertz CT molecular complexity index is 1230. The molecule has 4 N–H and O–H groups in total. The van der Waals surface area contributed by atoms with Gasteiger partial charge in [-0.25, -0.2) is 14.4 Å². The fourth-order valence-electron chi connectivity index (χ4n) is 4.89. The molecule has 35 heavy (non-hydrogen) atoms. The van der Waals surface area contributed by atoms with E-state index in [2.05, 4.69) is 25.6 Å². The zero-order valence-electron chi connectivity index (χ0n) is 19.6. The normalized spacial score (nSPS) is 20.8. The molecule has 0 unspecified atom stereocenters. The predicted molar refractivity (Wildman–Crippen MR) is 134 cm³/mol. The Labute approximate surface area is 207 Å². The highest BCUT2D eigenvalue weighted by Crippen LogP contribution is 2.31. The molecule has 1 atom stereocenters. The molecule has 4 heterocycles. The molecule has 1 aliphatic carbocycles. The molecule has 1 saturated carbocycles. The Morgan fingerprint density at radius 1 is 1.23 bits per heavy atom. The van der Waals surface area contributed by atoms with Gasteiger partial charge in [-0.1, -0.05) is 0 Å². The van der Waals surface area contributed by atoms with Crippen molar-refractivity contribution in [2.24, 2.45) is 11.7 Å². The van der Waals surface area contributed by atoms with Gasteiger partial charge in [-0.05, 0) is 56.2 Å². The van der Waals surface area contributed by atoms with Crippen molar-refractivity contribution in [3.8, 4) is 5.88 Å². The van der Waals surface area contributed by atoms with Gasteiger partial charge in [-0.15, -0.1) is 11.8 Å². The number of anilines is 1. The number of hydrogen-bond acceptors (Lipinski definition) is 8. The van der Waals surface area contributed by atoms with Crippen molar-refractivity contribution in [1.82, 2.24) is 20.3 Å². The van der Waals surface area contributed by atoms with E-state index in [1.165, 1.54) is 25.1 Å². The first-order valence-corrected chi connectivity index (χ1v) is 12.9. The number of nitrogens with two attached hydrogens (primary N) is 1. The molecule has 2 aliphatic rings. The van der Waals surface area contributed by atoms with Crippen LogP contribution in [-0.4, -0.2) is 45.8 Å². The van der Waals surface area contributed by atoms with Gasteiger partial charge in [0.1, 0.15) is 11.6 Å². The highest BCUT2D eigenvalue weighted by atomic mass is 32.2. The smallest absolute Gasteiger partial charge is 0.235 e. The van der Waals surface area contributed by atoms with Gasteiger partial charge in [0.15, 0.2) is 0 Å². The number of aromatic nitrogens is 3. The molecule has 8 nitrogen and oxygen atoms in total. The molecule has 184 valence electrons. The van der Waals surface area contributed by atoms with Crippen LogP contribution in [-0.2, 0) is 17.8 Å². The fraction of sp³-hybridized carbons (Fsp3) is 0.440. The summed E-state index contributed by atoms with van der Waals surface area (Å²) in [6.45, 7) is 0.650.